The van der Waals surface area contributed by atoms with E-state index in [0.29, 0.717) is 13.0 Å². The largest absolute Gasteiger partial charge is 0.351 e. The molecule has 1 aromatic heterocycles. The lowest BCUT2D eigenvalue weighted by atomic mass is 9.94. The number of aromatic nitrogens is 2. The van der Waals surface area contributed by atoms with Crippen molar-refractivity contribution >= 4 is 15.9 Å². The normalized spacial score (nSPS) is 20.4. The molecule has 0 radical (unpaired) electrons. The van der Waals surface area contributed by atoms with Crippen LogP contribution in [0, 0.1) is 0 Å². The summed E-state index contributed by atoms with van der Waals surface area (Å²) in [5.74, 6) is -0.105. The van der Waals surface area contributed by atoms with Crippen LogP contribution in [0.5, 0.6) is 0 Å². The Morgan fingerprint density at radius 3 is 2.61 bits per heavy atom. The Morgan fingerprint density at radius 1 is 1.21 bits per heavy atom. The minimum atomic E-state index is -3.70. The number of aryl methyl sites for hydroxylation is 1. The van der Waals surface area contributed by atoms with Gasteiger partial charge in [0.25, 0.3) is 10.0 Å². The van der Waals surface area contributed by atoms with E-state index in [-0.39, 0.29) is 29.4 Å². The molecular weight excluding hydrogens is 376 g/mol. The molecule has 0 spiro atoms. The molecule has 1 saturated heterocycles. The molecule has 1 aliphatic rings. The number of amides is 1. The number of unbranched alkanes of at least 4 members (excludes halogenated alkanes) is 2. The minimum Gasteiger partial charge on any atom is -0.351 e. The Bertz CT molecular complexity index is 895. The molecule has 1 fully saturated rings. The van der Waals surface area contributed by atoms with E-state index < -0.39 is 10.0 Å². The molecule has 0 bridgehead atoms. The first-order valence-corrected chi connectivity index (χ1v) is 11.2. The van der Waals surface area contributed by atoms with E-state index >= 15 is 0 Å². The maximum Gasteiger partial charge on any atom is 0.262 e. The van der Waals surface area contributed by atoms with Crippen molar-refractivity contribution in [3.05, 3.63) is 48.4 Å². The molecule has 7 nitrogen and oxygen atoms in total. The van der Waals surface area contributed by atoms with Crippen LogP contribution in [0.2, 0.25) is 0 Å². The fraction of sp³-hybridized carbons (Fsp3) is 0.500. The number of sulfonamides is 1. The summed E-state index contributed by atoms with van der Waals surface area (Å²) < 4.78 is 29.1. The molecular formula is C20H28N4O3S. The van der Waals surface area contributed by atoms with E-state index in [1.54, 1.807) is 11.6 Å². The van der Waals surface area contributed by atoms with Crippen molar-refractivity contribution in [3.63, 3.8) is 0 Å². The molecule has 2 heterocycles. The number of nitrogens with zero attached hydrogens (tertiary/aromatic N) is 3. The van der Waals surface area contributed by atoms with Crippen LogP contribution in [0.4, 0.5) is 0 Å². The Labute approximate surface area is 166 Å². The van der Waals surface area contributed by atoms with Crippen LogP contribution in [0.1, 0.15) is 44.1 Å². The first-order valence-electron chi connectivity index (χ1n) is 9.74. The van der Waals surface area contributed by atoms with E-state index in [1.165, 1.54) is 16.8 Å². The summed E-state index contributed by atoms with van der Waals surface area (Å²) >= 11 is 0. The SMILES string of the molecule is CCCCCC(=O)N[C@H]1CN(S(=O)(=O)c2cn(C)cn2)C[C@@H]1c1ccccc1. The van der Waals surface area contributed by atoms with Crippen LogP contribution >= 0.6 is 0 Å². The average Bonchev–Trinajstić information content (AvgIpc) is 3.30. The molecule has 0 aliphatic carbocycles. The van der Waals surface area contributed by atoms with Gasteiger partial charge in [0.1, 0.15) is 0 Å². The van der Waals surface area contributed by atoms with Crippen molar-refractivity contribution in [1.82, 2.24) is 19.2 Å². The summed E-state index contributed by atoms with van der Waals surface area (Å²) in [5.41, 5.74) is 1.03. The Kier molecular flexibility index (Phi) is 6.51. The second-order valence-corrected chi connectivity index (χ2v) is 9.23. The van der Waals surface area contributed by atoms with Gasteiger partial charge in [-0.25, -0.2) is 13.4 Å². The first kappa shape index (κ1) is 20.5. The van der Waals surface area contributed by atoms with E-state index in [0.717, 1.165) is 24.8 Å². The third-order valence-electron chi connectivity index (χ3n) is 5.15. The first-order chi connectivity index (χ1) is 13.4. The number of hydrogen-bond donors (Lipinski definition) is 1. The Balaban J connectivity index is 1.79. The van der Waals surface area contributed by atoms with Crippen molar-refractivity contribution < 1.29 is 13.2 Å². The van der Waals surface area contributed by atoms with Gasteiger partial charge in [-0.05, 0) is 12.0 Å². The molecule has 2 aromatic rings. The lowest BCUT2D eigenvalue weighted by molar-refractivity contribution is -0.121. The molecule has 28 heavy (non-hydrogen) atoms. The van der Waals surface area contributed by atoms with Crippen LogP contribution in [-0.2, 0) is 21.9 Å². The molecule has 1 amide bonds. The summed E-state index contributed by atoms with van der Waals surface area (Å²) in [7, 11) is -1.96. The van der Waals surface area contributed by atoms with Crippen LogP contribution in [0.3, 0.4) is 0 Å². The van der Waals surface area contributed by atoms with Gasteiger partial charge in [0, 0.05) is 38.7 Å². The van der Waals surface area contributed by atoms with Gasteiger partial charge in [-0.1, -0.05) is 50.1 Å². The highest BCUT2D eigenvalue weighted by atomic mass is 32.2. The van der Waals surface area contributed by atoms with Gasteiger partial charge in [0.2, 0.25) is 5.91 Å². The van der Waals surface area contributed by atoms with Crippen molar-refractivity contribution in [2.75, 3.05) is 13.1 Å². The van der Waals surface area contributed by atoms with Crippen LogP contribution < -0.4 is 5.32 Å². The van der Waals surface area contributed by atoms with Crippen molar-refractivity contribution in [1.29, 1.82) is 0 Å². The monoisotopic (exact) mass is 404 g/mol. The number of rotatable bonds is 8. The molecule has 3 rings (SSSR count). The van der Waals surface area contributed by atoms with Gasteiger partial charge in [-0.2, -0.15) is 4.31 Å². The maximum absolute atomic E-state index is 13.0. The number of nitrogens with one attached hydrogen (secondary N) is 1. The summed E-state index contributed by atoms with van der Waals surface area (Å²) in [4.78, 5) is 16.4. The smallest absolute Gasteiger partial charge is 0.262 e. The number of carbonyl (C=O) groups excluding carboxylic acids is 1. The molecule has 1 N–H and O–H groups in total. The highest BCUT2D eigenvalue weighted by molar-refractivity contribution is 7.89. The van der Waals surface area contributed by atoms with E-state index in [2.05, 4.69) is 17.2 Å². The third-order valence-corrected chi connectivity index (χ3v) is 6.87. The molecule has 1 aromatic carbocycles. The summed E-state index contributed by atoms with van der Waals surface area (Å²) in [6, 6.07) is 9.51. The number of hydrogen-bond acceptors (Lipinski definition) is 4. The summed E-state index contributed by atoms with van der Waals surface area (Å²) in [5, 5.41) is 3.11. The Morgan fingerprint density at radius 2 is 1.96 bits per heavy atom. The zero-order valence-corrected chi connectivity index (χ0v) is 17.2. The standard InChI is InChI=1S/C20H28N4O3S/c1-3-4-6-11-19(25)22-18-13-24(12-17(18)16-9-7-5-8-10-16)28(26,27)20-14-23(2)15-21-20/h5,7-10,14-15,17-18H,3-4,6,11-13H2,1-2H3,(H,22,25)/t17-,18+/m1/s1. The zero-order chi connectivity index (χ0) is 20.1. The average molecular weight is 405 g/mol. The van der Waals surface area contributed by atoms with E-state index in [1.807, 2.05) is 30.3 Å². The second kappa shape index (κ2) is 8.87. The lowest BCUT2D eigenvalue weighted by Gasteiger charge is -2.20. The van der Waals surface area contributed by atoms with Crippen LogP contribution in [0.15, 0.2) is 47.9 Å². The highest BCUT2D eigenvalue weighted by Crippen LogP contribution is 2.31. The van der Waals surface area contributed by atoms with Crippen molar-refractivity contribution in [3.8, 4) is 0 Å². The topological polar surface area (TPSA) is 84.3 Å². The number of imidazole rings is 1. The van der Waals surface area contributed by atoms with E-state index in [4.69, 9.17) is 0 Å². The molecule has 1 aliphatic heterocycles. The molecule has 8 heteroatoms. The maximum atomic E-state index is 13.0. The predicted octanol–water partition coefficient (Wildman–Crippen LogP) is 2.27. The number of benzene rings is 1. The van der Waals surface area contributed by atoms with Gasteiger partial charge in [-0.3, -0.25) is 4.79 Å². The number of carbonyl (C=O) groups is 1. The summed E-state index contributed by atoms with van der Waals surface area (Å²) in [6.45, 7) is 2.67. The predicted molar refractivity (Wildman–Crippen MR) is 107 cm³/mol. The van der Waals surface area contributed by atoms with Gasteiger partial charge < -0.3 is 9.88 Å². The van der Waals surface area contributed by atoms with Crippen molar-refractivity contribution in [2.24, 2.45) is 7.05 Å². The molecule has 0 unspecified atom stereocenters. The van der Waals surface area contributed by atoms with E-state index in [9.17, 15) is 13.2 Å². The van der Waals surface area contributed by atoms with Gasteiger partial charge >= 0.3 is 0 Å². The quantitative estimate of drug-likeness (QED) is 0.684. The second-order valence-electron chi connectivity index (χ2n) is 7.35. The van der Waals surface area contributed by atoms with Gasteiger partial charge in [-0.15, -0.1) is 0 Å². The van der Waals surface area contributed by atoms with Gasteiger partial charge in [0.15, 0.2) is 5.03 Å². The minimum absolute atomic E-state index is 0.0172. The summed E-state index contributed by atoms with van der Waals surface area (Å²) in [6.07, 6.45) is 6.37. The fourth-order valence-corrected chi connectivity index (χ4v) is 5.08. The van der Waals surface area contributed by atoms with Crippen LogP contribution in [0.25, 0.3) is 0 Å². The van der Waals surface area contributed by atoms with Crippen molar-refractivity contribution in [2.45, 2.75) is 49.6 Å². The zero-order valence-electron chi connectivity index (χ0n) is 16.4. The highest BCUT2D eigenvalue weighted by Gasteiger charge is 2.41. The fourth-order valence-electron chi connectivity index (χ4n) is 3.62. The molecule has 2 atom stereocenters. The van der Waals surface area contributed by atoms with Gasteiger partial charge in [0.05, 0.1) is 12.4 Å². The Hall–Kier alpha value is -2.19. The molecule has 152 valence electrons. The molecule has 0 saturated carbocycles. The third kappa shape index (κ3) is 4.62. The lowest BCUT2D eigenvalue weighted by Crippen LogP contribution is -2.40. The van der Waals surface area contributed by atoms with Crippen LogP contribution in [-0.4, -0.2) is 47.3 Å².